The summed E-state index contributed by atoms with van der Waals surface area (Å²) in [5.41, 5.74) is 1.32. The lowest BCUT2D eigenvalue weighted by molar-refractivity contribution is -0.115. The Balaban J connectivity index is 1.93. The number of nitrogens with one attached hydrogen (secondary N) is 2. The maximum atomic E-state index is 12.0. The van der Waals surface area contributed by atoms with Gasteiger partial charge in [-0.2, -0.15) is 0 Å². The van der Waals surface area contributed by atoms with Crippen molar-refractivity contribution in [2.24, 2.45) is 0 Å². The van der Waals surface area contributed by atoms with Gasteiger partial charge in [-0.3, -0.25) is 14.4 Å². The third-order valence-electron chi connectivity index (χ3n) is 3.30. The van der Waals surface area contributed by atoms with Crippen molar-refractivity contribution in [1.29, 1.82) is 0 Å². The first kappa shape index (κ1) is 18.5. The van der Waals surface area contributed by atoms with Crippen molar-refractivity contribution in [3.8, 4) is 0 Å². The maximum absolute atomic E-state index is 12.0. The van der Waals surface area contributed by atoms with E-state index >= 15 is 0 Å². The van der Waals surface area contributed by atoms with Gasteiger partial charge in [-0.25, -0.2) is 0 Å². The summed E-state index contributed by atoms with van der Waals surface area (Å²) in [6.45, 7) is -0.197. The van der Waals surface area contributed by atoms with Crippen molar-refractivity contribution in [2.75, 3.05) is 26.0 Å². The van der Waals surface area contributed by atoms with E-state index in [-0.39, 0.29) is 12.5 Å². The molecule has 0 unspecified atom stereocenters. The molecule has 2 N–H and O–H groups in total. The predicted octanol–water partition coefficient (Wildman–Crippen LogP) is 2.41. The van der Waals surface area contributed by atoms with Crippen molar-refractivity contribution in [3.63, 3.8) is 0 Å². The Morgan fingerprint density at radius 1 is 1.00 bits per heavy atom. The monoisotopic (exact) mass is 359 g/mol. The van der Waals surface area contributed by atoms with Crippen LogP contribution in [0.25, 0.3) is 0 Å². The molecule has 0 saturated heterocycles. The number of rotatable bonds is 5. The molecule has 2 aromatic carbocycles. The smallest absolute Gasteiger partial charge is 0.253 e. The fraction of sp³-hybridized carbons (Fsp3) is 0.167. The van der Waals surface area contributed by atoms with Crippen LogP contribution >= 0.6 is 11.6 Å². The predicted molar refractivity (Wildman–Crippen MR) is 96.9 cm³/mol. The van der Waals surface area contributed by atoms with Crippen molar-refractivity contribution >= 4 is 35.0 Å². The molecule has 0 heterocycles. The van der Waals surface area contributed by atoms with Crippen LogP contribution in [0.3, 0.4) is 0 Å². The molecule has 0 aliphatic rings. The molecule has 25 heavy (non-hydrogen) atoms. The SMILES string of the molecule is CN(C)C(=O)c1cccc(NC(=O)CNC(=O)c2cccc(Cl)c2)c1. The average molecular weight is 360 g/mol. The molecule has 0 aliphatic carbocycles. The van der Waals surface area contributed by atoms with Gasteiger partial charge in [0.2, 0.25) is 5.91 Å². The molecule has 0 aliphatic heterocycles. The Labute approximate surface area is 150 Å². The molecule has 0 fully saturated rings. The molecular weight excluding hydrogens is 342 g/mol. The minimum absolute atomic E-state index is 0.162. The average Bonchev–Trinajstić information content (AvgIpc) is 2.59. The van der Waals surface area contributed by atoms with Gasteiger partial charge < -0.3 is 15.5 Å². The molecule has 0 radical (unpaired) electrons. The summed E-state index contributed by atoms with van der Waals surface area (Å²) >= 11 is 5.83. The molecule has 0 aromatic heterocycles. The van der Waals surface area contributed by atoms with E-state index in [4.69, 9.17) is 11.6 Å². The van der Waals surface area contributed by atoms with Crippen LogP contribution < -0.4 is 10.6 Å². The Bertz CT molecular complexity index is 806. The molecule has 0 spiro atoms. The molecule has 130 valence electrons. The van der Waals surface area contributed by atoms with E-state index < -0.39 is 11.8 Å². The van der Waals surface area contributed by atoms with Gasteiger partial charge in [0.05, 0.1) is 6.54 Å². The van der Waals surface area contributed by atoms with Gasteiger partial charge >= 0.3 is 0 Å². The first-order chi connectivity index (χ1) is 11.9. The van der Waals surface area contributed by atoms with Crippen LogP contribution in [-0.2, 0) is 4.79 Å². The number of carbonyl (C=O) groups excluding carboxylic acids is 3. The molecule has 0 bridgehead atoms. The van der Waals surface area contributed by atoms with Crippen molar-refractivity contribution in [2.45, 2.75) is 0 Å². The molecule has 0 saturated carbocycles. The van der Waals surface area contributed by atoms with E-state index in [1.165, 1.54) is 11.0 Å². The van der Waals surface area contributed by atoms with Crippen LogP contribution in [0.1, 0.15) is 20.7 Å². The standard InChI is InChI=1S/C18H18ClN3O3/c1-22(2)18(25)13-6-4-8-15(10-13)21-16(23)11-20-17(24)12-5-3-7-14(19)9-12/h3-10H,11H2,1-2H3,(H,20,24)(H,21,23). The van der Waals surface area contributed by atoms with Crippen molar-refractivity contribution in [3.05, 3.63) is 64.7 Å². The quantitative estimate of drug-likeness (QED) is 0.860. The Hall–Kier alpha value is -2.86. The van der Waals surface area contributed by atoms with Crippen LogP contribution in [0.2, 0.25) is 5.02 Å². The number of anilines is 1. The summed E-state index contributed by atoms with van der Waals surface area (Å²) in [6, 6.07) is 13.0. The number of halogens is 1. The van der Waals surface area contributed by atoms with E-state index in [9.17, 15) is 14.4 Å². The largest absolute Gasteiger partial charge is 0.345 e. The molecule has 7 heteroatoms. The molecule has 0 atom stereocenters. The minimum atomic E-state index is -0.398. The summed E-state index contributed by atoms with van der Waals surface area (Å²) in [7, 11) is 3.30. The Morgan fingerprint density at radius 3 is 2.36 bits per heavy atom. The lowest BCUT2D eigenvalue weighted by atomic mass is 10.2. The van der Waals surface area contributed by atoms with Crippen LogP contribution in [-0.4, -0.2) is 43.3 Å². The van der Waals surface area contributed by atoms with Gasteiger partial charge in [0, 0.05) is 35.9 Å². The highest BCUT2D eigenvalue weighted by Gasteiger charge is 2.11. The van der Waals surface area contributed by atoms with Crippen molar-refractivity contribution in [1.82, 2.24) is 10.2 Å². The summed E-state index contributed by atoms with van der Waals surface area (Å²) in [6.07, 6.45) is 0. The van der Waals surface area contributed by atoms with Gasteiger partial charge in [-0.05, 0) is 36.4 Å². The van der Waals surface area contributed by atoms with Gasteiger partial charge in [-0.1, -0.05) is 23.7 Å². The minimum Gasteiger partial charge on any atom is -0.345 e. The third kappa shape index (κ3) is 5.32. The molecule has 6 nitrogen and oxygen atoms in total. The number of amides is 3. The van der Waals surface area contributed by atoms with Crippen LogP contribution in [0.15, 0.2) is 48.5 Å². The topological polar surface area (TPSA) is 78.5 Å². The number of hydrogen-bond acceptors (Lipinski definition) is 3. The van der Waals surface area contributed by atoms with E-state index in [1.54, 1.807) is 56.6 Å². The van der Waals surface area contributed by atoms with Crippen LogP contribution in [0, 0.1) is 0 Å². The number of hydrogen-bond donors (Lipinski definition) is 2. The second kappa shape index (κ2) is 8.30. The third-order valence-corrected chi connectivity index (χ3v) is 3.53. The van der Waals surface area contributed by atoms with Crippen LogP contribution in [0.5, 0.6) is 0 Å². The van der Waals surface area contributed by atoms with E-state index in [2.05, 4.69) is 10.6 Å². The summed E-state index contributed by atoms with van der Waals surface area (Å²) in [5, 5.41) is 5.60. The van der Waals surface area contributed by atoms with Gasteiger partial charge in [-0.15, -0.1) is 0 Å². The molecule has 3 amide bonds. The second-order valence-corrected chi connectivity index (χ2v) is 5.96. The van der Waals surface area contributed by atoms with Gasteiger partial charge in [0.25, 0.3) is 11.8 Å². The lowest BCUT2D eigenvalue weighted by Gasteiger charge is -2.12. The molecule has 2 aromatic rings. The number of nitrogens with zero attached hydrogens (tertiary/aromatic N) is 1. The molecular formula is C18H18ClN3O3. The highest BCUT2D eigenvalue weighted by atomic mass is 35.5. The summed E-state index contributed by atoms with van der Waals surface area (Å²) in [4.78, 5) is 37.3. The normalized spacial score (nSPS) is 10.0. The van der Waals surface area contributed by atoms with Crippen LogP contribution in [0.4, 0.5) is 5.69 Å². The van der Waals surface area contributed by atoms with Crippen molar-refractivity contribution < 1.29 is 14.4 Å². The molecule has 2 rings (SSSR count). The zero-order chi connectivity index (χ0) is 18.4. The fourth-order valence-corrected chi connectivity index (χ4v) is 2.28. The highest BCUT2D eigenvalue weighted by Crippen LogP contribution is 2.12. The van der Waals surface area contributed by atoms with E-state index in [0.29, 0.717) is 21.8 Å². The number of carbonyl (C=O) groups is 3. The second-order valence-electron chi connectivity index (χ2n) is 5.52. The maximum Gasteiger partial charge on any atom is 0.253 e. The Kier molecular flexibility index (Phi) is 6.14. The van der Waals surface area contributed by atoms with E-state index in [1.807, 2.05) is 0 Å². The first-order valence-corrected chi connectivity index (χ1v) is 7.90. The highest BCUT2D eigenvalue weighted by molar-refractivity contribution is 6.31. The number of benzene rings is 2. The fourth-order valence-electron chi connectivity index (χ4n) is 2.09. The first-order valence-electron chi connectivity index (χ1n) is 7.52. The summed E-state index contributed by atoms with van der Waals surface area (Å²) in [5.74, 6) is -0.954. The summed E-state index contributed by atoms with van der Waals surface area (Å²) < 4.78 is 0. The van der Waals surface area contributed by atoms with Gasteiger partial charge in [0.15, 0.2) is 0 Å². The van der Waals surface area contributed by atoms with Gasteiger partial charge in [0.1, 0.15) is 0 Å². The van der Waals surface area contributed by atoms with E-state index in [0.717, 1.165) is 0 Å². The Morgan fingerprint density at radius 2 is 1.68 bits per heavy atom. The zero-order valence-electron chi connectivity index (χ0n) is 13.9. The zero-order valence-corrected chi connectivity index (χ0v) is 14.6. The lowest BCUT2D eigenvalue weighted by Crippen LogP contribution is -2.32.